The first-order chi connectivity index (χ1) is 6.64. The van der Waals surface area contributed by atoms with Crippen LogP contribution in [-0.4, -0.2) is 11.4 Å². The quantitative estimate of drug-likeness (QED) is 0.760. The van der Waals surface area contributed by atoms with Crippen LogP contribution in [0, 0.1) is 0 Å². The summed E-state index contributed by atoms with van der Waals surface area (Å²) in [7, 11) is 6.90. The first-order valence-electron chi connectivity index (χ1n) is 4.55. The number of ether oxygens (including phenoxy) is 1. The molecule has 14 heavy (non-hydrogen) atoms. The third-order valence-electron chi connectivity index (χ3n) is 1.87. The van der Waals surface area contributed by atoms with E-state index in [4.69, 9.17) is 15.4 Å². The van der Waals surface area contributed by atoms with Gasteiger partial charge in [-0.3, -0.25) is 0 Å². The van der Waals surface area contributed by atoms with Crippen molar-refractivity contribution in [1.29, 1.82) is 0 Å². The first kappa shape index (κ1) is 11.9. The second-order valence-electron chi connectivity index (χ2n) is 3.79. The van der Waals surface area contributed by atoms with Crippen molar-refractivity contribution < 1.29 is 4.74 Å². The summed E-state index contributed by atoms with van der Waals surface area (Å²) < 4.78 is 5.75. The molecule has 1 rings (SSSR count). The van der Waals surface area contributed by atoms with Crippen LogP contribution in [0.25, 0.3) is 0 Å². The molecule has 0 N–H and O–H groups in total. The van der Waals surface area contributed by atoms with Crippen molar-refractivity contribution >= 4 is 21.7 Å². The molecule has 1 nitrogen and oxygen atoms in total. The summed E-state index contributed by atoms with van der Waals surface area (Å²) in [5.74, 6) is 0.793. The molecular formula is C11H15ClOS. The Morgan fingerprint density at radius 2 is 1.93 bits per heavy atom. The van der Waals surface area contributed by atoms with Crippen LogP contribution in [-0.2, 0) is 11.3 Å². The van der Waals surface area contributed by atoms with Gasteiger partial charge in [0.25, 0.3) is 0 Å². The molecule has 0 aliphatic carbocycles. The highest BCUT2D eigenvalue weighted by Gasteiger charge is 2.17. The van der Waals surface area contributed by atoms with E-state index >= 15 is 0 Å². The van der Waals surface area contributed by atoms with Gasteiger partial charge in [0, 0.05) is 5.75 Å². The van der Waals surface area contributed by atoms with E-state index in [9.17, 15) is 0 Å². The predicted octanol–water partition coefficient (Wildman–Crippen LogP) is 3.87. The van der Waals surface area contributed by atoms with Gasteiger partial charge in [0.2, 0.25) is 0 Å². The lowest BCUT2D eigenvalue weighted by atomic mass is 10.2. The summed E-state index contributed by atoms with van der Waals surface area (Å²) in [5.41, 5.74) is 1.03. The van der Waals surface area contributed by atoms with Crippen LogP contribution in [0.2, 0.25) is 0 Å². The SMILES string of the molecule is CC(C)(CSCl)OCc1ccccc1. The molecule has 3 heteroatoms. The lowest BCUT2D eigenvalue weighted by Gasteiger charge is -2.23. The number of hydrogen-bond acceptors (Lipinski definition) is 2. The van der Waals surface area contributed by atoms with Crippen LogP contribution in [0.5, 0.6) is 0 Å². The van der Waals surface area contributed by atoms with Gasteiger partial charge in [0.05, 0.1) is 12.2 Å². The number of benzene rings is 1. The molecule has 78 valence electrons. The smallest absolute Gasteiger partial charge is 0.0732 e. The van der Waals surface area contributed by atoms with Crippen molar-refractivity contribution in [3.63, 3.8) is 0 Å². The Balaban J connectivity index is 2.40. The average Bonchev–Trinajstić information content (AvgIpc) is 2.17. The average molecular weight is 231 g/mol. The highest BCUT2D eigenvalue weighted by atomic mass is 35.7. The standard InChI is InChI=1S/C11H15ClOS/c1-11(2,9-14-12)13-8-10-6-4-3-5-7-10/h3-7H,8-9H2,1-2H3. The predicted molar refractivity (Wildman–Crippen MR) is 63.6 cm³/mol. The molecule has 0 unspecified atom stereocenters. The fourth-order valence-corrected chi connectivity index (χ4v) is 2.16. The number of halogens is 1. The summed E-state index contributed by atoms with van der Waals surface area (Å²) in [6.45, 7) is 4.74. The Kier molecular flexibility index (Phi) is 4.79. The van der Waals surface area contributed by atoms with Crippen LogP contribution in [0.4, 0.5) is 0 Å². The molecule has 0 aromatic heterocycles. The lowest BCUT2D eigenvalue weighted by molar-refractivity contribution is -0.0110. The molecule has 0 amide bonds. The van der Waals surface area contributed by atoms with Gasteiger partial charge < -0.3 is 4.74 Å². The van der Waals surface area contributed by atoms with Crippen LogP contribution < -0.4 is 0 Å². The van der Waals surface area contributed by atoms with Crippen molar-refractivity contribution in [3.8, 4) is 0 Å². The van der Waals surface area contributed by atoms with Crippen molar-refractivity contribution in [1.82, 2.24) is 0 Å². The van der Waals surface area contributed by atoms with Crippen molar-refractivity contribution in [2.75, 3.05) is 5.75 Å². The molecule has 1 aromatic rings. The third-order valence-corrected chi connectivity index (χ3v) is 3.01. The van der Waals surface area contributed by atoms with Crippen LogP contribution in [0.1, 0.15) is 19.4 Å². The minimum Gasteiger partial charge on any atom is -0.370 e. The van der Waals surface area contributed by atoms with E-state index in [1.807, 2.05) is 32.0 Å². The number of rotatable bonds is 5. The van der Waals surface area contributed by atoms with Gasteiger partial charge in [-0.1, -0.05) is 41.3 Å². The highest BCUT2D eigenvalue weighted by Crippen LogP contribution is 2.20. The molecule has 0 heterocycles. The molecule has 0 bridgehead atoms. The fraction of sp³-hybridized carbons (Fsp3) is 0.455. The third kappa shape index (κ3) is 4.36. The van der Waals surface area contributed by atoms with E-state index in [0.717, 1.165) is 5.75 Å². The largest absolute Gasteiger partial charge is 0.370 e. The monoisotopic (exact) mass is 230 g/mol. The van der Waals surface area contributed by atoms with Gasteiger partial charge in [-0.2, -0.15) is 0 Å². The molecule has 0 radical (unpaired) electrons. The Bertz CT molecular complexity index is 261. The van der Waals surface area contributed by atoms with E-state index in [1.165, 1.54) is 16.5 Å². The van der Waals surface area contributed by atoms with Gasteiger partial charge in [0.1, 0.15) is 0 Å². The molecule has 0 saturated carbocycles. The second-order valence-corrected chi connectivity index (χ2v) is 4.95. The molecule has 0 fully saturated rings. The zero-order chi connectivity index (χ0) is 10.4. The van der Waals surface area contributed by atoms with Crippen LogP contribution >= 0.6 is 21.7 Å². The molecule has 0 saturated heterocycles. The van der Waals surface area contributed by atoms with E-state index in [2.05, 4.69) is 12.1 Å². The van der Waals surface area contributed by atoms with Crippen molar-refractivity contribution in [2.24, 2.45) is 0 Å². The zero-order valence-corrected chi connectivity index (χ0v) is 10.1. The molecule has 0 atom stereocenters. The normalized spacial score (nSPS) is 11.6. The number of hydrogen-bond donors (Lipinski definition) is 0. The minimum absolute atomic E-state index is 0.164. The Morgan fingerprint density at radius 1 is 1.29 bits per heavy atom. The van der Waals surface area contributed by atoms with Gasteiger partial charge in [-0.15, -0.1) is 0 Å². The minimum atomic E-state index is -0.164. The molecule has 0 spiro atoms. The van der Waals surface area contributed by atoms with Crippen LogP contribution in [0.3, 0.4) is 0 Å². The topological polar surface area (TPSA) is 9.23 Å². The molecule has 1 aromatic carbocycles. The van der Waals surface area contributed by atoms with Crippen LogP contribution in [0.15, 0.2) is 30.3 Å². The molecular weight excluding hydrogens is 216 g/mol. The van der Waals surface area contributed by atoms with Gasteiger partial charge in [-0.05, 0) is 30.1 Å². The Labute approximate surface area is 94.3 Å². The Hall–Kier alpha value is -0.180. The second kappa shape index (κ2) is 5.64. The molecule has 0 aliphatic rings. The maximum Gasteiger partial charge on any atom is 0.0732 e. The summed E-state index contributed by atoms with van der Waals surface area (Å²) in [5, 5.41) is 0. The fourth-order valence-electron chi connectivity index (χ4n) is 1.03. The summed E-state index contributed by atoms with van der Waals surface area (Å²) >= 11 is 0. The van der Waals surface area contributed by atoms with E-state index in [1.54, 1.807) is 0 Å². The zero-order valence-electron chi connectivity index (χ0n) is 8.50. The lowest BCUT2D eigenvalue weighted by Crippen LogP contribution is -2.26. The van der Waals surface area contributed by atoms with Crippen molar-refractivity contribution in [2.45, 2.75) is 26.1 Å². The van der Waals surface area contributed by atoms with E-state index < -0.39 is 0 Å². The Morgan fingerprint density at radius 3 is 2.50 bits per heavy atom. The summed E-state index contributed by atoms with van der Waals surface area (Å²) in [6, 6.07) is 10.2. The van der Waals surface area contributed by atoms with Gasteiger partial charge in [-0.25, -0.2) is 0 Å². The summed E-state index contributed by atoms with van der Waals surface area (Å²) in [6.07, 6.45) is 0. The van der Waals surface area contributed by atoms with Crippen molar-refractivity contribution in [3.05, 3.63) is 35.9 Å². The van der Waals surface area contributed by atoms with Gasteiger partial charge in [0.15, 0.2) is 0 Å². The molecule has 0 aliphatic heterocycles. The van der Waals surface area contributed by atoms with Gasteiger partial charge >= 0.3 is 0 Å². The van der Waals surface area contributed by atoms with E-state index in [0.29, 0.717) is 6.61 Å². The van der Waals surface area contributed by atoms with E-state index in [-0.39, 0.29) is 5.60 Å². The maximum absolute atomic E-state index is 5.75. The first-order valence-corrected chi connectivity index (χ1v) is 6.37. The highest BCUT2D eigenvalue weighted by molar-refractivity contribution is 8.21. The maximum atomic E-state index is 5.75. The summed E-state index contributed by atoms with van der Waals surface area (Å²) in [4.78, 5) is 0.